The summed E-state index contributed by atoms with van der Waals surface area (Å²) < 4.78 is 5.13. The molecule has 0 radical (unpaired) electrons. The summed E-state index contributed by atoms with van der Waals surface area (Å²) in [5.74, 6) is 1.02. The van der Waals surface area contributed by atoms with E-state index in [4.69, 9.17) is 10.5 Å². The van der Waals surface area contributed by atoms with Crippen LogP contribution in [0.5, 0.6) is 11.5 Å². The van der Waals surface area contributed by atoms with Gasteiger partial charge in [0.25, 0.3) is 0 Å². The van der Waals surface area contributed by atoms with Crippen molar-refractivity contribution >= 4 is 0 Å². The van der Waals surface area contributed by atoms with E-state index in [1.807, 2.05) is 6.92 Å². The normalized spacial score (nSPS) is 12.5. The van der Waals surface area contributed by atoms with Gasteiger partial charge >= 0.3 is 0 Å². The number of methoxy groups -OCH3 is 1. The number of phenols is 1. The summed E-state index contributed by atoms with van der Waals surface area (Å²) in [4.78, 5) is 0. The molecule has 0 aliphatic rings. The number of aromatic hydroxyl groups is 1. The van der Waals surface area contributed by atoms with Crippen LogP contribution in [-0.4, -0.2) is 18.3 Å². The van der Waals surface area contributed by atoms with Gasteiger partial charge in [-0.15, -0.1) is 0 Å². The first kappa shape index (κ1) is 9.86. The molecule has 72 valence electrons. The Morgan fingerprint density at radius 3 is 2.77 bits per heavy atom. The number of nitrogens with two attached hydrogens (primary N) is 1. The highest BCUT2D eigenvalue weighted by molar-refractivity contribution is 5.40. The van der Waals surface area contributed by atoms with Crippen molar-refractivity contribution in [2.24, 2.45) is 5.73 Å². The van der Waals surface area contributed by atoms with Gasteiger partial charge in [0.2, 0.25) is 0 Å². The van der Waals surface area contributed by atoms with Gasteiger partial charge in [0.1, 0.15) is 11.5 Å². The van der Waals surface area contributed by atoms with Crippen molar-refractivity contribution in [2.75, 3.05) is 7.11 Å². The fourth-order valence-electron chi connectivity index (χ4n) is 1.27. The number of ether oxygens (including phenoxy) is 1. The largest absolute Gasteiger partial charge is 0.508 e. The molecule has 3 nitrogen and oxygen atoms in total. The summed E-state index contributed by atoms with van der Waals surface area (Å²) in [7, 11) is 1.61. The molecule has 0 aromatic heterocycles. The lowest BCUT2D eigenvalue weighted by molar-refractivity contribution is 0.405. The smallest absolute Gasteiger partial charge is 0.122 e. The summed E-state index contributed by atoms with van der Waals surface area (Å²) in [6.07, 6.45) is 0.706. The zero-order valence-corrected chi connectivity index (χ0v) is 7.95. The Hall–Kier alpha value is -1.22. The Bertz CT molecular complexity index is 284. The first-order chi connectivity index (χ1) is 6.13. The minimum atomic E-state index is 0.0655. The van der Waals surface area contributed by atoms with E-state index in [9.17, 15) is 5.11 Å². The SMILES string of the molecule is COc1ccc(O)cc1C[C@H](C)N. The molecule has 0 aliphatic heterocycles. The quantitative estimate of drug-likeness (QED) is 0.738. The molecule has 3 heteroatoms. The molecule has 0 aliphatic carbocycles. The standard InChI is InChI=1S/C10H15NO2/c1-7(11)5-8-6-9(12)3-4-10(8)13-2/h3-4,6-7,12H,5,11H2,1-2H3/t7-/m0/s1. The van der Waals surface area contributed by atoms with E-state index in [2.05, 4.69) is 0 Å². The van der Waals surface area contributed by atoms with Gasteiger partial charge in [0.05, 0.1) is 7.11 Å². The summed E-state index contributed by atoms with van der Waals surface area (Å²) in [6, 6.07) is 5.09. The Kier molecular flexibility index (Phi) is 3.14. The molecule has 0 bridgehead atoms. The van der Waals surface area contributed by atoms with Crippen molar-refractivity contribution in [1.82, 2.24) is 0 Å². The molecule has 1 rings (SSSR count). The van der Waals surface area contributed by atoms with Crippen LogP contribution in [0.3, 0.4) is 0 Å². The Labute approximate surface area is 78.1 Å². The molecule has 1 aromatic rings. The van der Waals surface area contributed by atoms with Gasteiger partial charge in [0, 0.05) is 6.04 Å². The van der Waals surface area contributed by atoms with E-state index < -0.39 is 0 Å². The van der Waals surface area contributed by atoms with Gasteiger partial charge < -0.3 is 15.6 Å². The van der Waals surface area contributed by atoms with E-state index in [0.29, 0.717) is 6.42 Å². The van der Waals surface area contributed by atoms with Crippen molar-refractivity contribution in [3.8, 4) is 11.5 Å². The third-order valence-corrected chi connectivity index (χ3v) is 1.81. The molecule has 3 N–H and O–H groups in total. The van der Waals surface area contributed by atoms with Crippen LogP contribution in [-0.2, 0) is 6.42 Å². The van der Waals surface area contributed by atoms with Crippen molar-refractivity contribution in [3.63, 3.8) is 0 Å². The molecule has 0 fully saturated rings. The van der Waals surface area contributed by atoms with Crippen molar-refractivity contribution in [1.29, 1.82) is 0 Å². The number of rotatable bonds is 3. The summed E-state index contributed by atoms with van der Waals surface area (Å²) in [6.45, 7) is 1.92. The van der Waals surface area contributed by atoms with E-state index in [1.54, 1.807) is 25.3 Å². The van der Waals surface area contributed by atoms with Gasteiger partial charge in [-0.3, -0.25) is 0 Å². The second kappa shape index (κ2) is 4.14. The molecule has 1 aromatic carbocycles. The third kappa shape index (κ3) is 2.63. The van der Waals surface area contributed by atoms with Crippen LogP contribution >= 0.6 is 0 Å². The molecular formula is C10H15NO2. The molecule has 0 unspecified atom stereocenters. The number of phenolic OH excluding ortho intramolecular Hbond substituents is 1. The highest BCUT2D eigenvalue weighted by Crippen LogP contribution is 2.23. The number of hydrogen-bond acceptors (Lipinski definition) is 3. The van der Waals surface area contributed by atoms with E-state index in [1.165, 1.54) is 0 Å². The second-order valence-corrected chi connectivity index (χ2v) is 3.18. The molecule has 0 amide bonds. The first-order valence-corrected chi connectivity index (χ1v) is 4.25. The van der Waals surface area contributed by atoms with Crippen molar-refractivity contribution < 1.29 is 9.84 Å². The zero-order chi connectivity index (χ0) is 9.84. The van der Waals surface area contributed by atoms with Crippen LogP contribution < -0.4 is 10.5 Å². The molecule has 13 heavy (non-hydrogen) atoms. The molecule has 0 spiro atoms. The lowest BCUT2D eigenvalue weighted by Crippen LogP contribution is -2.18. The number of hydrogen-bond donors (Lipinski definition) is 2. The maximum atomic E-state index is 9.25. The van der Waals surface area contributed by atoms with Crippen molar-refractivity contribution in [2.45, 2.75) is 19.4 Å². The van der Waals surface area contributed by atoms with Crippen LogP contribution in [0.4, 0.5) is 0 Å². The van der Waals surface area contributed by atoms with Crippen LogP contribution in [0.25, 0.3) is 0 Å². The van der Waals surface area contributed by atoms with Gasteiger partial charge in [-0.25, -0.2) is 0 Å². The Morgan fingerprint density at radius 2 is 2.23 bits per heavy atom. The second-order valence-electron chi connectivity index (χ2n) is 3.18. The van der Waals surface area contributed by atoms with E-state index in [-0.39, 0.29) is 11.8 Å². The maximum absolute atomic E-state index is 9.25. The zero-order valence-electron chi connectivity index (χ0n) is 7.95. The summed E-state index contributed by atoms with van der Waals surface area (Å²) >= 11 is 0. The van der Waals surface area contributed by atoms with Crippen LogP contribution in [0.15, 0.2) is 18.2 Å². The molecule has 0 heterocycles. The third-order valence-electron chi connectivity index (χ3n) is 1.81. The van der Waals surface area contributed by atoms with Crippen molar-refractivity contribution in [3.05, 3.63) is 23.8 Å². The predicted molar refractivity (Wildman–Crippen MR) is 52.0 cm³/mol. The maximum Gasteiger partial charge on any atom is 0.122 e. The van der Waals surface area contributed by atoms with E-state index in [0.717, 1.165) is 11.3 Å². The highest BCUT2D eigenvalue weighted by atomic mass is 16.5. The molecule has 1 atom stereocenters. The Morgan fingerprint density at radius 1 is 1.54 bits per heavy atom. The fourth-order valence-corrected chi connectivity index (χ4v) is 1.27. The monoisotopic (exact) mass is 181 g/mol. The van der Waals surface area contributed by atoms with E-state index >= 15 is 0 Å². The fraction of sp³-hybridized carbons (Fsp3) is 0.400. The molecule has 0 saturated carbocycles. The van der Waals surface area contributed by atoms with Crippen LogP contribution in [0.1, 0.15) is 12.5 Å². The van der Waals surface area contributed by atoms with Gasteiger partial charge in [-0.05, 0) is 37.1 Å². The first-order valence-electron chi connectivity index (χ1n) is 4.25. The molecular weight excluding hydrogens is 166 g/mol. The van der Waals surface area contributed by atoms with Crippen LogP contribution in [0.2, 0.25) is 0 Å². The van der Waals surface area contributed by atoms with Gasteiger partial charge in [0.15, 0.2) is 0 Å². The minimum absolute atomic E-state index is 0.0655. The summed E-state index contributed by atoms with van der Waals surface area (Å²) in [5, 5.41) is 9.25. The number of benzene rings is 1. The van der Waals surface area contributed by atoms with Gasteiger partial charge in [-0.2, -0.15) is 0 Å². The summed E-state index contributed by atoms with van der Waals surface area (Å²) in [5.41, 5.74) is 6.60. The lowest BCUT2D eigenvalue weighted by Gasteiger charge is -2.10. The average molecular weight is 181 g/mol. The highest BCUT2D eigenvalue weighted by Gasteiger charge is 2.05. The average Bonchev–Trinajstić information content (AvgIpc) is 2.03. The Balaban J connectivity index is 2.94. The molecule has 0 saturated heterocycles. The predicted octanol–water partition coefficient (Wildman–Crippen LogP) is 1.29. The van der Waals surface area contributed by atoms with Crippen LogP contribution in [0, 0.1) is 0 Å². The lowest BCUT2D eigenvalue weighted by atomic mass is 10.1. The van der Waals surface area contributed by atoms with Gasteiger partial charge in [-0.1, -0.05) is 0 Å². The topological polar surface area (TPSA) is 55.5 Å². The minimum Gasteiger partial charge on any atom is -0.508 e.